The number of carbonyl (C=O) groups is 3. The fraction of sp³-hybridized carbons (Fsp3) is 0.250. The lowest BCUT2D eigenvalue weighted by atomic mass is 10.1. The summed E-state index contributed by atoms with van der Waals surface area (Å²) < 4.78 is 5.20. The lowest BCUT2D eigenvalue weighted by molar-refractivity contribution is -0.123. The van der Waals surface area contributed by atoms with E-state index < -0.39 is 18.0 Å². The minimum Gasteiger partial charge on any atom is -0.449 e. The number of aryl methyl sites for hydroxylation is 1. The van der Waals surface area contributed by atoms with Gasteiger partial charge in [-0.3, -0.25) is 9.59 Å². The summed E-state index contributed by atoms with van der Waals surface area (Å²) in [5.74, 6) is -1.10. The fourth-order valence-corrected chi connectivity index (χ4v) is 2.22. The summed E-state index contributed by atoms with van der Waals surface area (Å²) in [6.45, 7) is 4.98. The number of carbonyl (C=O) groups excluding carboxylic acids is 3. The minimum atomic E-state index is -0.959. The van der Waals surface area contributed by atoms with E-state index in [1.165, 1.54) is 13.8 Å². The molecule has 2 aromatic carbocycles. The number of benzene rings is 2. The second kappa shape index (κ2) is 8.24. The molecule has 0 heterocycles. The molecule has 1 amide bonds. The van der Waals surface area contributed by atoms with Crippen LogP contribution in [0.1, 0.15) is 47.1 Å². The second-order valence-corrected chi connectivity index (χ2v) is 5.72. The fourth-order valence-electron chi connectivity index (χ4n) is 2.22. The molecule has 0 fully saturated rings. The first kappa shape index (κ1) is 18.4. The van der Waals surface area contributed by atoms with Crippen LogP contribution in [0.5, 0.6) is 0 Å². The first-order valence-electron chi connectivity index (χ1n) is 8.12. The number of Topliss-reactive ketones (excluding diaryl/α,β-unsaturated/α-hetero) is 1. The Bertz CT molecular complexity index is 781. The van der Waals surface area contributed by atoms with Crippen LogP contribution in [0.15, 0.2) is 48.5 Å². The van der Waals surface area contributed by atoms with Crippen LogP contribution in [0.4, 0.5) is 5.69 Å². The van der Waals surface area contributed by atoms with Gasteiger partial charge >= 0.3 is 5.97 Å². The number of amides is 1. The van der Waals surface area contributed by atoms with Crippen LogP contribution >= 0.6 is 0 Å². The van der Waals surface area contributed by atoms with Gasteiger partial charge in [0.05, 0.1) is 5.56 Å². The van der Waals surface area contributed by atoms with Crippen molar-refractivity contribution in [3.05, 3.63) is 65.2 Å². The summed E-state index contributed by atoms with van der Waals surface area (Å²) in [5.41, 5.74) is 2.49. The summed E-state index contributed by atoms with van der Waals surface area (Å²) in [6, 6.07) is 13.7. The van der Waals surface area contributed by atoms with Crippen molar-refractivity contribution in [1.29, 1.82) is 0 Å². The summed E-state index contributed by atoms with van der Waals surface area (Å²) in [5, 5.41) is 2.64. The van der Waals surface area contributed by atoms with Crippen molar-refractivity contribution in [3.8, 4) is 0 Å². The maximum atomic E-state index is 12.2. The summed E-state index contributed by atoms with van der Waals surface area (Å²) in [4.78, 5) is 35.7. The number of ether oxygens (including phenoxy) is 1. The molecule has 1 N–H and O–H groups in total. The predicted molar refractivity (Wildman–Crippen MR) is 95.8 cm³/mol. The smallest absolute Gasteiger partial charge is 0.338 e. The van der Waals surface area contributed by atoms with Gasteiger partial charge in [-0.2, -0.15) is 0 Å². The van der Waals surface area contributed by atoms with Gasteiger partial charge in [0, 0.05) is 11.3 Å². The average molecular weight is 339 g/mol. The quantitative estimate of drug-likeness (QED) is 0.644. The summed E-state index contributed by atoms with van der Waals surface area (Å²) in [6.07, 6.45) is -0.0765. The lowest BCUT2D eigenvalue weighted by Crippen LogP contribution is -2.30. The molecule has 0 aromatic heterocycles. The molecule has 0 spiro atoms. The monoisotopic (exact) mass is 339 g/mol. The van der Waals surface area contributed by atoms with Gasteiger partial charge in [-0.1, -0.05) is 31.2 Å². The second-order valence-electron chi connectivity index (χ2n) is 5.72. The Kier molecular flexibility index (Phi) is 6.06. The molecule has 5 nitrogen and oxygen atoms in total. The SMILES string of the molecule is CCc1ccc(C(=O)O[C@@H](C)C(=O)Nc2cccc(C(C)=O)c2)cc1. The molecule has 0 bridgehead atoms. The number of rotatable bonds is 6. The predicted octanol–water partition coefficient (Wildman–Crippen LogP) is 3.64. The van der Waals surface area contributed by atoms with Crippen LogP contribution in [0.2, 0.25) is 0 Å². The van der Waals surface area contributed by atoms with Crippen LogP contribution in [0, 0.1) is 0 Å². The van der Waals surface area contributed by atoms with Crippen molar-refractivity contribution in [2.75, 3.05) is 5.32 Å². The molecule has 0 aliphatic carbocycles. The van der Waals surface area contributed by atoms with E-state index in [0.29, 0.717) is 16.8 Å². The number of hydrogen-bond acceptors (Lipinski definition) is 4. The molecule has 0 aliphatic heterocycles. The van der Waals surface area contributed by atoms with Crippen LogP contribution in [0.25, 0.3) is 0 Å². The molecule has 2 aromatic rings. The van der Waals surface area contributed by atoms with Crippen LogP contribution < -0.4 is 5.32 Å². The van der Waals surface area contributed by atoms with Crippen molar-refractivity contribution in [2.45, 2.75) is 33.3 Å². The molecule has 25 heavy (non-hydrogen) atoms. The van der Waals surface area contributed by atoms with Gasteiger partial charge in [0.25, 0.3) is 5.91 Å². The zero-order valence-electron chi connectivity index (χ0n) is 14.5. The van der Waals surface area contributed by atoms with E-state index in [-0.39, 0.29) is 5.78 Å². The molecule has 0 saturated heterocycles. The van der Waals surface area contributed by atoms with Crippen molar-refractivity contribution in [1.82, 2.24) is 0 Å². The average Bonchev–Trinajstić information content (AvgIpc) is 2.61. The summed E-state index contributed by atoms with van der Waals surface area (Å²) >= 11 is 0. The molecule has 0 saturated carbocycles. The first-order valence-corrected chi connectivity index (χ1v) is 8.12. The van der Waals surface area contributed by atoms with Gasteiger partial charge in [0.2, 0.25) is 0 Å². The van der Waals surface area contributed by atoms with E-state index in [9.17, 15) is 14.4 Å². The van der Waals surface area contributed by atoms with Crippen molar-refractivity contribution in [2.24, 2.45) is 0 Å². The standard InChI is InChI=1S/C20H21NO4/c1-4-15-8-10-16(11-9-15)20(24)25-14(3)19(23)21-18-7-5-6-17(12-18)13(2)22/h5-12,14H,4H2,1-3H3,(H,21,23)/t14-/m0/s1. The highest BCUT2D eigenvalue weighted by Gasteiger charge is 2.19. The van der Waals surface area contributed by atoms with Crippen molar-refractivity contribution in [3.63, 3.8) is 0 Å². The number of nitrogens with one attached hydrogen (secondary N) is 1. The maximum Gasteiger partial charge on any atom is 0.338 e. The number of hydrogen-bond donors (Lipinski definition) is 1. The van der Waals surface area contributed by atoms with Gasteiger partial charge in [-0.05, 0) is 50.1 Å². The Labute approximate surface area is 147 Å². The lowest BCUT2D eigenvalue weighted by Gasteiger charge is -2.14. The van der Waals surface area contributed by atoms with E-state index >= 15 is 0 Å². The molecule has 0 radical (unpaired) electrons. The molecular formula is C20H21NO4. The number of ketones is 1. The molecule has 5 heteroatoms. The Hall–Kier alpha value is -2.95. The zero-order chi connectivity index (χ0) is 18.4. The van der Waals surface area contributed by atoms with Gasteiger partial charge < -0.3 is 10.1 Å². The highest BCUT2D eigenvalue weighted by Crippen LogP contribution is 2.13. The third-order valence-electron chi connectivity index (χ3n) is 3.79. The van der Waals surface area contributed by atoms with Crippen molar-refractivity contribution < 1.29 is 19.1 Å². The normalized spacial score (nSPS) is 11.5. The summed E-state index contributed by atoms with van der Waals surface area (Å²) in [7, 11) is 0. The van der Waals surface area contributed by atoms with E-state index in [1.807, 2.05) is 19.1 Å². The van der Waals surface area contributed by atoms with Gasteiger partial charge in [-0.25, -0.2) is 4.79 Å². The van der Waals surface area contributed by atoms with E-state index in [2.05, 4.69) is 5.32 Å². The Morgan fingerprint density at radius 1 is 1.04 bits per heavy atom. The van der Waals surface area contributed by atoms with Crippen LogP contribution in [0.3, 0.4) is 0 Å². The number of esters is 1. The first-order chi connectivity index (χ1) is 11.9. The Morgan fingerprint density at radius 2 is 1.72 bits per heavy atom. The molecule has 2 rings (SSSR count). The topological polar surface area (TPSA) is 72.5 Å². The highest BCUT2D eigenvalue weighted by molar-refractivity contribution is 5.99. The molecule has 130 valence electrons. The van der Waals surface area contributed by atoms with E-state index in [1.54, 1.807) is 36.4 Å². The Balaban J connectivity index is 1.98. The van der Waals surface area contributed by atoms with Crippen LogP contribution in [-0.4, -0.2) is 23.8 Å². The van der Waals surface area contributed by atoms with Gasteiger partial charge in [0.1, 0.15) is 0 Å². The zero-order valence-corrected chi connectivity index (χ0v) is 14.5. The van der Waals surface area contributed by atoms with Crippen molar-refractivity contribution >= 4 is 23.3 Å². The van der Waals surface area contributed by atoms with Gasteiger partial charge in [-0.15, -0.1) is 0 Å². The largest absolute Gasteiger partial charge is 0.449 e. The van der Waals surface area contributed by atoms with E-state index in [0.717, 1.165) is 12.0 Å². The highest BCUT2D eigenvalue weighted by atomic mass is 16.5. The maximum absolute atomic E-state index is 12.2. The number of anilines is 1. The third-order valence-corrected chi connectivity index (χ3v) is 3.79. The minimum absolute atomic E-state index is 0.0916. The van der Waals surface area contributed by atoms with Gasteiger partial charge in [0.15, 0.2) is 11.9 Å². The molecule has 1 atom stereocenters. The molecule has 0 unspecified atom stereocenters. The molecule has 0 aliphatic rings. The van der Waals surface area contributed by atoms with E-state index in [4.69, 9.17) is 4.74 Å². The molecular weight excluding hydrogens is 318 g/mol. The Morgan fingerprint density at radius 3 is 2.32 bits per heavy atom. The van der Waals surface area contributed by atoms with Crippen LogP contribution in [-0.2, 0) is 16.0 Å². The third kappa shape index (κ3) is 5.01.